The van der Waals surface area contributed by atoms with E-state index in [4.69, 9.17) is 91.4 Å². The Morgan fingerprint density at radius 2 is 0.711 bits per heavy atom. The van der Waals surface area contributed by atoms with Crippen LogP contribution in [0.4, 0.5) is 18.0 Å². The van der Waals surface area contributed by atoms with E-state index in [0.717, 1.165) is 120 Å². The maximum absolute atomic E-state index is 14.4. The van der Waals surface area contributed by atoms with E-state index in [1.807, 2.05) is 97.1 Å². The highest BCUT2D eigenvalue weighted by Gasteiger charge is 2.35. The molecular formula is C99H119N9O20. The van der Waals surface area contributed by atoms with Gasteiger partial charge in [-0.2, -0.15) is 25.2 Å². The van der Waals surface area contributed by atoms with Crippen LogP contribution in [0.15, 0.2) is 206 Å². The highest BCUT2D eigenvalue weighted by Crippen LogP contribution is 2.38. The SMILES string of the molecule is C=CC(=O)OCCCCCCOc1ccc(OC(=O)C2CCC(C(=O)Oc3ccc(-c4ccc(OC(=O)C5CCC(C(=O)Oc6ccc(OCCCCCCOC(=O)C=C)cc6)CC5)c(/C=N/N(CCOCCCC)c5nc6ccccc6o5)c4)cc3/C=N/N(CCOCCCC)c3nc4ccccc4o3)CC2)cc1.CCCCOCCN(N)c1nc2ccccc2o1. The van der Waals surface area contributed by atoms with E-state index >= 15 is 0 Å². The normalized spacial score (nSPS) is 15.0. The third kappa shape index (κ3) is 30.9. The number of carbonyl (C=O) groups is 6. The van der Waals surface area contributed by atoms with Gasteiger partial charge in [0.1, 0.15) is 51.0 Å². The number of esters is 6. The van der Waals surface area contributed by atoms with Crippen molar-refractivity contribution in [2.75, 3.05) is 101 Å². The molecule has 0 radical (unpaired) electrons. The maximum Gasteiger partial charge on any atom is 0.330 e. The van der Waals surface area contributed by atoms with E-state index < -0.39 is 47.5 Å². The molecule has 7 aromatic carbocycles. The molecule has 3 aromatic heterocycles. The Labute approximate surface area is 747 Å². The second-order valence-electron chi connectivity index (χ2n) is 31.2. The van der Waals surface area contributed by atoms with Crippen LogP contribution in [0.2, 0.25) is 0 Å². The van der Waals surface area contributed by atoms with E-state index in [-0.39, 0.29) is 48.6 Å². The van der Waals surface area contributed by atoms with Crippen LogP contribution in [0.3, 0.4) is 0 Å². The summed E-state index contributed by atoms with van der Waals surface area (Å²) in [6.07, 6.45) is 21.4. The van der Waals surface area contributed by atoms with Gasteiger partial charge in [-0.25, -0.2) is 25.4 Å². The lowest BCUT2D eigenvalue weighted by molar-refractivity contribution is -0.145. The van der Waals surface area contributed by atoms with Gasteiger partial charge in [-0.3, -0.25) is 24.2 Å². The van der Waals surface area contributed by atoms with Gasteiger partial charge < -0.3 is 65.4 Å². The van der Waals surface area contributed by atoms with Crippen LogP contribution in [0.1, 0.15) is 173 Å². The Balaban J connectivity index is 0.000000780. The summed E-state index contributed by atoms with van der Waals surface area (Å²) in [7, 11) is 0. The van der Waals surface area contributed by atoms with Gasteiger partial charge in [0.05, 0.1) is 102 Å². The molecule has 0 saturated heterocycles. The van der Waals surface area contributed by atoms with Crippen molar-refractivity contribution >= 4 is 99.6 Å². The van der Waals surface area contributed by atoms with E-state index in [9.17, 15) is 28.8 Å². The van der Waals surface area contributed by atoms with Gasteiger partial charge in [-0.15, -0.1) is 0 Å². The number of aromatic nitrogens is 3. The van der Waals surface area contributed by atoms with Crippen LogP contribution in [-0.2, 0) is 52.5 Å². The molecule has 2 fully saturated rings. The molecule has 2 saturated carbocycles. The minimum atomic E-state index is -0.522. The standard InChI is InChI=1S/C86H100N6O18.C13H19N3O2/c1-5-9-49-99-55-47-91(85-89-73-23-15-17-25-77(73)109-85)87-59-67-57-65(35-45-75(67)107-83(97)63-31-27-61(28-32-63)81(95)105-71-41-37-69(38-42-71)101-51-19-11-13-21-53-103-79(93)7-3)66-36-46-76(68(58-66)60-88-92(48-56-100-50-10-6-2)86-90-74-24-16-18-26-78(74)110-86)108-84(98)64-33-29-62(30-34-64)82(96)106-72-43-39-70(40-44-72)102-52-20-12-14-22-54-104-80(94)8-4;1-2-3-9-17-10-8-16(14)13-15-11-6-4-5-7-12(11)18-13/h7-8,15-18,23-26,35-46,57-64H,3-6,9-14,19-22,27-34,47-56H2,1-2H3;4-7H,2-3,8-10,14H2,1H3/b87-59+,88-60+;. The number of hydrogen-bond acceptors (Lipinski definition) is 29. The largest absolute Gasteiger partial charge is 0.494 e. The number of fused-ring (bicyclic) bond motifs is 3. The topological polar surface area (TPSA) is 342 Å². The van der Waals surface area contributed by atoms with Crippen LogP contribution in [0, 0.1) is 23.7 Å². The van der Waals surface area contributed by atoms with Crippen molar-refractivity contribution in [3.8, 4) is 45.6 Å². The summed E-state index contributed by atoms with van der Waals surface area (Å²) in [6, 6.07) is 48.0. The quantitative estimate of drug-likeness (QED) is 0.00704. The number of unbranched alkanes of at least 4 members (excludes halogenated alkanes) is 9. The first-order valence-corrected chi connectivity index (χ1v) is 44.8. The number of carbonyl (C=O) groups excluding carboxylic acids is 6. The van der Waals surface area contributed by atoms with Gasteiger partial charge in [0.2, 0.25) is 0 Å². The van der Waals surface area contributed by atoms with E-state index in [0.29, 0.717) is 191 Å². The Bertz CT molecular complexity index is 4830. The molecule has 2 N–H and O–H groups in total. The first-order chi connectivity index (χ1) is 62.6. The zero-order valence-corrected chi connectivity index (χ0v) is 73.6. The number of rotatable bonds is 52. The van der Waals surface area contributed by atoms with E-state index in [1.54, 1.807) is 83.1 Å². The average Bonchev–Trinajstić information content (AvgIpc) is 1.63. The van der Waals surface area contributed by atoms with Crippen LogP contribution >= 0.6 is 0 Å². The highest BCUT2D eigenvalue weighted by molar-refractivity contribution is 5.92. The lowest BCUT2D eigenvalue weighted by atomic mass is 9.82. The van der Waals surface area contributed by atoms with Crippen molar-refractivity contribution in [1.82, 2.24) is 15.0 Å². The number of oxazole rings is 3. The molecular weight excluding hydrogens is 1640 g/mol. The van der Waals surface area contributed by atoms with Gasteiger partial charge >= 0.3 is 53.9 Å². The molecule has 2 aliphatic carbocycles. The second kappa shape index (κ2) is 52.5. The molecule has 0 aliphatic heterocycles. The molecule has 29 heteroatoms. The Morgan fingerprint density at radius 3 is 1.07 bits per heavy atom. The number of anilines is 3. The van der Waals surface area contributed by atoms with E-state index in [1.165, 1.54) is 5.01 Å². The van der Waals surface area contributed by atoms with Crippen molar-refractivity contribution in [3.63, 3.8) is 0 Å². The maximum atomic E-state index is 14.4. The minimum absolute atomic E-state index is 0.227. The molecule has 12 rings (SSSR count). The molecule has 3 heterocycles. The smallest absolute Gasteiger partial charge is 0.330 e. The number of ether oxygens (including phenoxy) is 11. The molecule has 680 valence electrons. The molecule has 0 atom stereocenters. The average molecular weight is 1760 g/mol. The first kappa shape index (κ1) is 96.1. The summed E-state index contributed by atoms with van der Waals surface area (Å²) in [6.45, 7) is 19.1. The Morgan fingerprint density at radius 1 is 0.383 bits per heavy atom. The molecule has 0 bridgehead atoms. The summed E-state index contributed by atoms with van der Waals surface area (Å²) in [5, 5.41) is 14.6. The van der Waals surface area contributed by atoms with Gasteiger partial charge in [0.15, 0.2) is 16.7 Å². The van der Waals surface area contributed by atoms with Gasteiger partial charge in [-0.1, -0.05) is 102 Å². The fourth-order valence-corrected chi connectivity index (χ4v) is 14.1. The van der Waals surface area contributed by atoms with Crippen LogP contribution in [0.5, 0.6) is 34.5 Å². The van der Waals surface area contributed by atoms with Crippen molar-refractivity contribution in [3.05, 3.63) is 194 Å². The number of hydrazone groups is 2. The lowest BCUT2D eigenvalue weighted by Gasteiger charge is -2.26. The van der Waals surface area contributed by atoms with Gasteiger partial charge in [0, 0.05) is 43.1 Å². The number of hydrogen-bond donors (Lipinski definition) is 1. The zero-order chi connectivity index (χ0) is 89.9. The minimum Gasteiger partial charge on any atom is -0.494 e. The fourth-order valence-electron chi connectivity index (χ4n) is 14.1. The predicted molar refractivity (Wildman–Crippen MR) is 489 cm³/mol. The van der Waals surface area contributed by atoms with Crippen molar-refractivity contribution in [2.45, 2.75) is 162 Å². The molecule has 0 spiro atoms. The summed E-state index contributed by atoms with van der Waals surface area (Å²) >= 11 is 0. The number of nitrogens with two attached hydrogens (primary N) is 1. The Hall–Kier alpha value is -12.6. The van der Waals surface area contributed by atoms with Gasteiger partial charge in [-0.05, 0) is 242 Å². The molecule has 2 aliphatic rings. The highest BCUT2D eigenvalue weighted by atomic mass is 16.6. The van der Waals surface area contributed by atoms with Crippen molar-refractivity contribution in [1.29, 1.82) is 0 Å². The summed E-state index contributed by atoms with van der Waals surface area (Å²) < 4.78 is 81.8. The lowest BCUT2D eigenvalue weighted by Crippen LogP contribution is -2.34. The van der Waals surface area contributed by atoms with Crippen molar-refractivity contribution in [2.24, 2.45) is 39.7 Å². The third-order valence-electron chi connectivity index (χ3n) is 21.6. The number of benzene rings is 7. The summed E-state index contributed by atoms with van der Waals surface area (Å²) in [5.74, 6) is 3.99. The van der Waals surface area contributed by atoms with Crippen molar-refractivity contribution < 1.29 is 94.1 Å². The predicted octanol–water partition coefficient (Wildman–Crippen LogP) is 19.2. The molecule has 0 amide bonds. The monoisotopic (exact) mass is 1750 g/mol. The molecule has 10 aromatic rings. The molecule has 128 heavy (non-hydrogen) atoms. The fraction of sp³-hybridized carbons (Fsp3) is 0.424. The number of nitrogens with zero attached hydrogens (tertiary/aromatic N) is 8. The third-order valence-corrected chi connectivity index (χ3v) is 21.6. The summed E-state index contributed by atoms with van der Waals surface area (Å²) in [5.41, 5.74) is 6.19. The van der Waals surface area contributed by atoms with Crippen LogP contribution in [-0.4, -0.2) is 149 Å². The van der Waals surface area contributed by atoms with E-state index in [2.05, 4.69) is 38.9 Å². The van der Waals surface area contributed by atoms with Crippen LogP contribution in [0.25, 0.3) is 44.4 Å². The van der Waals surface area contributed by atoms with Crippen LogP contribution < -0.4 is 49.3 Å². The summed E-state index contributed by atoms with van der Waals surface area (Å²) in [4.78, 5) is 92.4. The number of hydrazine groups is 1. The Kier molecular flexibility index (Phi) is 39.4. The second-order valence-corrected chi connectivity index (χ2v) is 31.2. The first-order valence-electron chi connectivity index (χ1n) is 44.8. The zero-order valence-electron chi connectivity index (χ0n) is 73.6. The number of para-hydroxylation sites is 6. The molecule has 29 nitrogen and oxygen atoms in total. The molecule has 0 unspecified atom stereocenters. The van der Waals surface area contributed by atoms with Gasteiger partial charge in [0.25, 0.3) is 0 Å².